The molecule has 9 heteroatoms. The minimum Gasteiger partial charge on any atom is -0.378 e. The first-order valence-electron chi connectivity index (χ1n) is 7.52. The van der Waals surface area contributed by atoms with Crippen LogP contribution in [0.15, 0.2) is 29.7 Å². The predicted molar refractivity (Wildman–Crippen MR) is 94.8 cm³/mol. The number of anilines is 2. The number of carbonyl (C=O) groups is 1. The molecule has 1 fully saturated rings. The van der Waals surface area contributed by atoms with Crippen molar-refractivity contribution in [2.45, 2.75) is 5.16 Å². The molecule has 3 rings (SSSR count). The number of rotatable bonds is 5. The van der Waals surface area contributed by atoms with E-state index in [2.05, 4.69) is 20.4 Å². The lowest BCUT2D eigenvalue weighted by Crippen LogP contribution is -2.36. The maximum absolute atomic E-state index is 12.1. The summed E-state index contributed by atoms with van der Waals surface area (Å²) in [4.78, 5) is 14.2. The van der Waals surface area contributed by atoms with E-state index in [0.717, 1.165) is 18.8 Å². The van der Waals surface area contributed by atoms with Gasteiger partial charge < -0.3 is 19.5 Å². The first kappa shape index (κ1) is 17.1. The number of hydrogen-bond acceptors (Lipinski definition) is 6. The molecule has 1 aromatic heterocycles. The molecule has 1 aliphatic heterocycles. The summed E-state index contributed by atoms with van der Waals surface area (Å²) in [7, 11) is 1.84. The van der Waals surface area contributed by atoms with Crippen molar-refractivity contribution in [3.8, 4) is 0 Å². The van der Waals surface area contributed by atoms with Crippen molar-refractivity contribution in [3.05, 3.63) is 29.5 Å². The van der Waals surface area contributed by atoms with Crippen molar-refractivity contribution in [1.82, 2.24) is 14.8 Å². The molecular weight excluding hydrogens is 350 g/mol. The zero-order chi connectivity index (χ0) is 16.9. The average molecular weight is 368 g/mol. The highest BCUT2D eigenvalue weighted by atomic mass is 35.5. The van der Waals surface area contributed by atoms with Crippen LogP contribution in [0.4, 0.5) is 11.4 Å². The Kier molecular flexibility index (Phi) is 5.60. The van der Waals surface area contributed by atoms with Crippen molar-refractivity contribution in [3.63, 3.8) is 0 Å². The third-order valence-electron chi connectivity index (χ3n) is 3.59. The summed E-state index contributed by atoms with van der Waals surface area (Å²) in [6.07, 6.45) is 1.60. The molecule has 0 saturated carbocycles. The van der Waals surface area contributed by atoms with Gasteiger partial charge in [0.05, 0.1) is 29.7 Å². The van der Waals surface area contributed by atoms with Crippen LogP contribution in [0.2, 0.25) is 5.02 Å². The van der Waals surface area contributed by atoms with Gasteiger partial charge in [0.2, 0.25) is 5.91 Å². The highest BCUT2D eigenvalue weighted by Gasteiger charge is 2.15. The number of nitrogens with zero attached hydrogens (tertiary/aromatic N) is 4. The van der Waals surface area contributed by atoms with Gasteiger partial charge in [-0.05, 0) is 18.2 Å². The molecule has 0 aliphatic carbocycles. The molecule has 0 atom stereocenters. The van der Waals surface area contributed by atoms with E-state index >= 15 is 0 Å². The summed E-state index contributed by atoms with van der Waals surface area (Å²) >= 11 is 7.70. The van der Waals surface area contributed by atoms with Crippen LogP contribution in [0.25, 0.3) is 0 Å². The van der Waals surface area contributed by atoms with E-state index in [9.17, 15) is 4.79 Å². The van der Waals surface area contributed by atoms with Crippen LogP contribution in [0.3, 0.4) is 0 Å². The van der Waals surface area contributed by atoms with Crippen LogP contribution < -0.4 is 10.2 Å². The average Bonchev–Trinajstić information content (AvgIpc) is 2.99. The fourth-order valence-electron chi connectivity index (χ4n) is 2.38. The summed E-state index contributed by atoms with van der Waals surface area (Å²) in [5.41, 5.74) is 1.65. The molecule has 0 spiro atoms. The quantitative estimate of drug-likeness (QED) is 0.815. The number of morpholine rings is 1. The van der Waals surface area contributed by atoms with Gasteiger partial charge >= 0.3 is 0 Å². The van der Waals surface area contributed by atoms with E-state index in [-0.39, 0.29) is 11.7 Å². The predicted octanol–water partition coefficient (Wildman–Crippen LogP) is 2.04. The van der Waals surface area contributed by atoms with E-state index < -0.39 is 0 Å². The van der Waals surface area contributed by atoms with Crippen LogP contribution in [-0.4, -0.2) is 52.7 Å². The second kappa shape index (κ2) is 7.87. The van der Waals surface area contributed by atoms with Gasteiger partial charge in [-0.25, -0.2) is 0 Å². The maximum Gasteiger partial charge on any atom is 0.234 e. The Morgan fingerprint density at radius 2 is 2.21 bits per heavy atom. The molecule has 1 aromatic carbocycles. The van der Waals surface area contributed by atoms with Crippen LogP contribution in [0.1, 0.15) is 0 Å². The van der Waals surface area contributed by atoms with Crippen LogP contribution in [-0.2, 0) is 16.6 Å². The minimum atomic E-state index is -0.113. The van der Waals surface area contributed by atoms with Gasteiger partial charge in [0.25, 0.3) is 0 Å². The standard InChI is InChI=1S/C15H18ClN5O2S/c1-20-10-17-19-15(20)24-9-14(22)18-11-2-3-13(12(16)8-11)21-4-6-23-7-5-21/h2-3,8,10H,4-7,9H2,1H3,(H,18,22). The number of aryl methyl sites for hydroxylation is 1. The first-order valence-corrected chi connectivity index (χ1v) is 8.89. The van der Waals surface area contributed by atoms with Crippen LogP contribution in [0.5, 0.6) is 0 Å². The van der Waals surface area contributed by atoms with E-state index in [4.69, 9.17) is 16.3 Å². The molecule has 24 heavy (non-hydrogen) atoms. The van der Waals surface area contributed by atoms with Crippen molar-refractivity contribution in [2.24, 2.45) is 7.05 Å². The molecule has 2 aromatic rings. The SMILES string of the molecule is Cn1cnnc1SCC(=O)Nc1ccc(N2CCOCC2)c(Cl)c1. The van der Waals surface area contributed by atoms with Crippen molar-refractivity contribution < 1.29 is 9.53 Å². The van der Waals surface area contributed by atoms with Gasteiger partial charge in [-0.1, -0.05) is 23.4 Å². The molecule has 0 bridgehead atoms. The van der Waals surface area contributed by atoms with Gasteiger partial charge in [0.1, 0.15) is 6.33 Å². The molecule has 1 amide bonds. The summed E-state index contributed by atoms with van der Waals surface area (Å²) in [5, 5.41) is 11.9. The molecule has 0 unspecified atom stereocenters. The van der Waals surface area contributed by atoms with E-state index in [1.165, 1.54) is 11.8 Å². The lowest BCUT2D eigenvalue weighted by molar-refractivity contribution is -0.113. The monoisotopic (exact) mass is 367 g/mol. The minimum absolute atomic E-state index is 0.113. The van der Waals surface area contributed by atoms with Crippen LogP contribution >= 0.6 is 23.4 Å². The van der Waals surface area contributed by atoms with Crippen molar-refractivity contribution in [1.29, 1.82) is 0 Å². The molecule has 1 saturated heterocycles. The fraction of sp³-hybridized carbons (Fsp3) is 0.400. The van der Waals surface area contributed by atoms with E-state index in [1.54, 1.807) is 17.0 Å². The number of hydrogen-bond donors (Lipinski definition) is 1. The summed E-state index contributed by atoms with van der Waals surface area (Å²) < 4.78 is 7.12. The van der Waals surface area contributed by atoms with Gasteiger partial charge in [-0.3, -0.25) is 4.79 Å². The number of ether oxygens (including phenoxy) is 1. The molecular formula is C15H18ClN5O2S. The topological polar surface area (TPSA) is 72.3 Å². The number of aromatic nitrogens is 3. The van der Waals surface area contributed by atoms with Gasteiger partial charge in [0, 0.05) is 25.8 Å². The van der Waals surface area contributed by atoms with Crippen molar-refractivity contribution in [2.75, 3.05) is 42.3 Å². The zero-order valence-electron chi connectivity index (χ0n) is 13.2. The molecule has 2 heterocycles. The molecule has 1 N–H and O–H groups in total. The third-order valence-corrected chi connectivity index (χ3v) is 4.92. The maximum atomic E-state index is 12.1. The van der Waals surface area contributed by atoms with Gasteiger partial charge in [-0.15, -0.1) is 10.2 Å². The molecule has 1 aliphatic rings. The number of thioether (sulfide) groups is 1. The second-order valence-corrected chi connectivity index (χ2v) is 6.68. The molecule has 128 valence electrons. The first-order chi connectivity index (χ1) is 11.6. The summed E-state index contributed by atoms with van der Waals surface area (Å²) in [6, 6.07) is 5.57. The van der Waals surface area contributed by atoms with E-state index in [0.29, 0.717) is 29.1 Å². The number of nitrogens with one attached hydrogen (secondary N) is 1. The Balaban J connectivity index is 1.57. The molecule has 0 radical (unpaired) electrons. The van der Waals surface area contributed by atoms with Gasteiger partial charge in [-0.2, -0.15) is 0 Å². The van der Waals surface area contributed by atoms with Gasteiger partial charge in [0.15, 0.2) is 5.16 Å². The fourth-order valence-corrected chi connectivity index (χ4v) is 3.36. The third kappa shape index (κ3) is 4.19. The molecule has 7 nitrogen and oxygen atoms in total. The largest absolute Gasteiger partial charge is 0.378 e. The Bertz CT molecular complexity index is 718. The highest BCUT2D eigenvalue weighted by Crippen LogP contribution is 2.29. The highest BCUT2D eigenvalue weighted by molar-refractivity contribution is 7.99. The normalized spacial score (nSPS) is 14.7. The number of halogens is 1. The van der Waals surface area contributed by atoms with Crippen molar-refractivity contribution >= 4 is 40.6 Å². The second-order valence-electron chi connectivity index (χ2n) is 5.33. The zero-order valence-corrected chi connectivity index (χ0v) is 14.8. The number of amides is 1. The summed E-state index contributed by atoms with van der Waals surface area (Å²) in [6.45, 7) is 3.04. The lowest BCUT2D eigenvalue weighted by atomic mass is 10.2. The summed E-state index contributed by atoms with van der Waals surface area (Å²) in [5.74, 6) is 0.147. The smallest absolute Gasteiger partial charge is 0.234 e. The Morgan fingerprint density at radius 3 is 2.88 bits per heavy atom. The number of carbonyl (C=O) groups excluding carboxylic acids is 1. The van der Waals surface area contributed by atoms with Crippen LogP contribution in [0, 0.1) is 0 Å². The van der Waals surface area contributed by atoms with E-state index in [1.807, 2.05) is 19.2 Å². The lowest BCUT2D eigenvalue weighted by Gasteiger charge is -2.29. The number of benzene rings is 1. The Hall–Kier alpha value is -1.77. The Labute approximate surface area is 149 Å². The Morgan fingerprint density at radius 1 is 1.42 bits per heavy atom.